The van der Waals surface area contributed by atoms with E-state index in [1.807, 2.05) is 0 Å². The van der Waals surface area contributed by atoms with Gasteiger partial charge in [-0.2, -0.15) is 13.2 Å². The van der Waals surface area contributed by atoms with E-state index in [-0.39, 0.29) is 11.1 Å². The summed E-state index contributed by atoms with van der Waals surface area (Å²) in [5.74, 6) is -2.03. The molecule has 0 radical (unpaired) electrons. The highest BCUT2D eigenvalue weighted by Gasteiger charge is 2.44. The molecule has 0 aliphatic carbocycles. The van der Waals surface area contributed by atoms with Crippen LogP contribution in [0.1, 0.15) is 26.3 Å². The predicted molar refractivity (Wildman–Crippen MR) is 75.6 cm³/mol. The van der Waals surface area contributed by atoms with E-state index >= 15 is 0 Å². The van der Waals surface area contributed by atoms with Crippen molar-refractivity contribution in [3.8, 4) is 5.75 Å². The molecule has 2 aromatic rings. The van der Waals surface area contributed by atoms with Crippen LogP contribution in [-0.2, 0) is 6.18 Å². The summed E-state index contributed by atoms with van der Waals surface area (Å²) < 4.78 is 45.0. The molecule has 0 N–H and O–H groups in total. The highest BCUT2D eigenvalue weighted by Crippen LogP contribution is 2.44. The molecule has 2 aromatic carbocycles. The molecule has 23 heavy (non-hydrogen) atoms. The smallest absolute Gasteiger partial charge is 0.421 e. The van der Waals surface area contributed by atoms with Gasteiger partial charge in [0.25, 0.3) is 11.8 Å². The van der Waals surface area contributed by atoms with Crippen LogP contribution < -0.4 is 9.64 Å². The zero-order chi connectivity index (χ0) is 16.8. The zero-order valence-electron chi connectivity index (χ0n) is 11.8. The summed E-state index contributed by atoms with van der Waals surface area (Å²) in [6.45, 7) is 0. The second-order valence-corrected chi connectivity index (χ2v) is 4.84. The lowest BCUT2D eigenvalue weighted by Gasteiger charge is -2.21. The van der Waals surface area contributed by atoms with E-state index in [2.05, 4.69) is 0 Å². The normalized spacial score (nSPS) is 14.2. The minimum atomic E-state index is -4.78. The maximum absolute atomic E-state index is 13.4. The number of amides is 2. The second kappa shape index (κ2) is 5.12. The van der Waals surface area contributed by atoms with Crippen molar-refractivity contribution in [2.45, 2.75) is 6.18 Å². The molecular weight excluding hydrogens is 311 g/mol. The van der Waals surface area contributed by atoms with E-state index in [9.17, 15) is 22.8 Å². The first-order valence-corrected chi connectivity index (χ1v) is 6.58. The highest BCUT2D eigenvalue weighted by molar-refractivity contribution is 6.34. The molecule has 1 aliphatic rings. The molecule has 118 valence electrons. The summed E-state index contributed by atoms with van der Waals surface area (Å²) in [6.07, 6.45) is -4.78. The molecule has 2 amide bonds. The van der Waals surface area contributed by atoms with Crippen LogP contribution in [-0.4, -0.2) is 18.9 Å². The van der Waals surface area contributed by atoms with Crippen LogP contribution in [0.25, 0.3) is 0 Å². The summed E-state index contributed by atoms with van der Waals surface area (Å²) in [4.78, 5) is 25.3. The number of fused-ring (bicyclic) bond motifs is 1. The van der Waals surface area contributed by atoms with Gasteiger partial charge >= 0.3 is 6.18 Å². The number of nitrogens with zero attached hydrogens (tertiary/aromatic N) is 1. The summed E-state index contributed by atoms with van der Waals surface area (Å²) in [7, 11) is 1.09. The van der Waals surface area contributed by atoms with Crippen molar-refractivity contribution in [2.24, 2.45) is 0 Å². The number of imide groups is 1. The Morgan fingerprint density at radius 3 is 1.96 bits per heavy atom. The van der Waals surface area contributed by atoms with E-state index < -0.39 is 35.0 Å². The number of halogens is 3. The van der Waals surface area contributed by atoms with Crippen LogP contribution in [0.15, 0.2) is 42.5 Å². The summed E-state index contributed by atoms with van der Waals surface area (Å²) in [6, 6.07) is 9.41. The average Bonchev–Trinajstić information content (AvgIpc) is 2.77. The Morgan fingerprint density at radius 2 is 1.48 bits per heavy atom. The molecule has 0 bridgehead atoms. The van der Waals surface area contributed by atoms with Crippen molar-refractivity contribution in [3.05, 3.63) is 59.2 Å². The first-order chi connectivity index (χ1) is 10.9. The van der Waals surface area contributed by atoms with Gasteiger partial charge in [-0.05, 0) is 24.3 Å². The van der Waals surface area contributed by atoms with Gasteiger partial charge in [-0.15, -0.1) is 0 Å². The number of alkyl halides is 3. The van der Waals surface area contributed by atoms with Gasteiger partial charge < -0.3 is 4.74 Å². The monoisotopic (exact) mass is 321 g/mol. The lowest BCUT2D eigenvalue weighted by Crippen LogP contribution is -2.31. The number of carbonyl (C=O) groups excluding carboxylic acids is 2. The first-order valence-electron chi connectivity index (χ1n) is 6.58. The van der Waals surface area contributed by atoms with Gasteiger partial charge in [0.05, 0.1) is 23.9 Å². The van der Waals surface area contributed by atoms with E-state index in [0.717, 1.165) is 19.2 Å². The van der Waals surface area contributed by atoms with Crippen LogP contribution in [0.2, 0.25) is 0 Å². The molecule has 4 nitrogen and oxygen atoms in total. The van der Waals surface area contributed by atoms with Crippen LogP contribution in [0.4, 0.5) is 18.9 Å². The quantitative estimate of drug-likeness (QED) is 0.795. The van der Waals surface area contributed by atoms with E-state index in [4.69, 9.17) is 4.74 Å². The minimum Gasteiger partial charge on any atom is -0.496 e. The molecule has 0 spiro atoms. The third-order valence-electron chi connectivity index (χ3n) is 3.54. The second-order valence-electron chi connectivity index (χ2n) is 4.84. The molecule has 1 aliphatic heterocycles. The molecule has 3 rings (SSSR count). The average molecular weight is 321 g/mol. The zero-order valence-corrected chi connectivity index (χ0v) is 11.8. The lowest BCUT2D eigenvalue weighted by atomic mass is 10.1. The number of carbonyl (C=O) groups is 2. The topological polar surface area (TPSA) is 46.6 Å². The number of hydrogen-bond donors (Lipinski definition) is 0. The van der Waals surface area contributed by atoms with E-state index in [1.165, 1.54) is 18.2 Å². The molecule has 0 unspecified atom stereocenters. The standard InChI is InChI=1S/C16H10F3NO3/c1-23-12-8-4-7-11(13(12)16(17,18)19)20-14(21)9-5-2-3-6-10(9)15(20)22/h2-8H,1H3. The van der Waals surface area contributed by atoms with Gasteiger partial charge in [-0.25, -0.2) is 4.90 Å². The molecule has 0 saturated carbocycles. The molecule has 0 fully saturated rings. The highest BCUT2D eigenvalue weighted by atomic mass is 19.4. The van der Waals surface area contributed by atoms with Gasteiger partial charge in [-0.1, -0.05) is 18.2 Å². The molecule has 0 atom stereocenters. The fourth-order valence-electron chi connectivity index (χ4n) is 2.57. The van der Waals surface area contributed by atoms with Crippen molar-refractivity contribution >= 4 is 17.5 Å². The number of anilines is 1. The Morgan fingerprint density at radius 1 is 0.913 bits per heavy atom. The van der Waals surface area contributed by atoms with Crippen molar-refractivity contribution in [2.75, 3.05) is 12.0 Å². The maximum atomic E-state index is 13.4. The third-order valence-corrected chi connectivity index (χ3v) is 3.54. The molecule has 0 aromatic heterocycles. The summed E-state index contributed by atoms with van der Waals surface area (Å²) >= 11 is 0. The summed E-state index contributed by atoms with van der Waals surface area (Å²) in [5, 5.41) is 0. The molecule has 7 heteroatoms. The predicted octanol–water partition coefficient (Wildman–Crippen LogP) is 3.51. The van der Waals surface area contributed by atoms with Crippen LogP contribution in [0, 0.1) is 0 Å². The van der Waals surface area contributed by atoms with Gasteiger partial charge in [0.1, 0.15) is 11.3 Å². The molecule has 0 saturated heterocycles. The number of methoxy groups -OCH3 is 1. The fraction of sp³-hybridized carbons (Fsp3) is 0.125. The SMILES string of the molecule is COc1cccc(N2C(=O)c3ccccc3C2=O)c1C(F)(F)F. The minimum absolute atomic E-state index is 0.0773. The van der Waals surface area contributed by atoms with Gasteiger partial charge in [0, 0.05) is 0 Å². The number of rotatable bonds is 2. The third kappa shape index (κ3) is 2.25. The van der Waals surface area contributed by atoms with Crippen LogP contribution >= 0.6 is 0 Å². The fourth-order valence-corrected chi connectivity index (χ4v) is 2.57. The van der Waals surface area contributed by atoms with Gasteiger partial charge in [-0.3, -0.25) is 9.59 Å². The van der Waals surface area contributed by atoms with Crippen LogP contribution in [0.3, 0.4) is 0 Å². The van der Waals surface area contributed by atoms with Crippen molar-refractivity contribution in [3.63, 3.8) is 0 Å². The van der Waals surface area contributed by atoms with E-state index in [0.29, 0.717) is 4.90 Å². The van der Waals surface area contributed by atoms with Gasteiger partial charge in [0.2, 0.25) is 0 Å². The van der Waals surface area contributed by atoms with Crippen molar-refractivity contribution in [1.82, 2.24) is 0 Å². The Kier molecular flexibility index (Phi) is 3.35. The Balaban J connectivity index is 2.22. The van der Waals surface area contributed by atoms with Gasteiger partial charge in [0.15, 0.2) is 0 Å². The number of hydrogen-bond acceptors (Lipinski definition) is 3. The number of ether oxygens (including phenoxy) is 1. The Bertz CT molecular complexity index is 779. The molecule has 1 heterocycles. The summed E-state index contributed by atoms with van der Waals surface area (Å²) in [5.41, 5.74) is -1.54. The van der Waals surface area contributed by atoms with E-state index in [1.54, 1.807) is 12.1 Å². The number of benzene rings is 2. The Hall–Kier alpha value is -2.83. The van der Waals surface area contributed by atoms with Crippen molar-refractivity contribution in [1.29, 1.82) is 0 Å². The maximum Gasteiger partial charge on any atom is 0.421 e. The van der Waals surface area contributed by atoms with Crippen LogP contribution in [0.5, 0.6) is 5.75 Å². The van der Waals surface area contributed by atoms with Crippen molar-refractivity contribution < 1.29 is 27.5 Å². The first kappa shape index (κ1) is 15.1. The Labute approximate surface area is 129 Å². The largest absolute Gasteiger partial charge is 0.496 e. The lowest BCUT2D eigenvalue weighted by molar-refractivity contribution is -0.138. The molecular formula is C16H10F3NO3.